The second-order valence-electron chi connectivity index (χ2n) is 4.70. The predicted molar refractivity (Wildman–Crippen MR) is 80.1 cm³/mol. The maximum absolute atomic E-state index is 6.01. The molecule has 0 amide bonds. The molecular weight excluding hydrogens is 256 g/mol. The van der Waals surface area contributed by atoms with Gasteiger partial charge >= 0.3 is 0 Å². The van der Waals surface area contributed by atoms with Crippen LogP contribution in [0.3, 0.4) is 0 Å². The molecule has 0 saturated carbocycles. The van der Waals surface area contributed by atoms with Crippen molar-refractivity contribution in [2.45, 2.75) is 26.4 Å². The van der Waals surface area contributed by atoms with Crippen molar-refractivity contribution in [3.63, 3.8) is 0 Å². The summed E-state index contributed by atoms with van der Waals surface area (Å²) in [5.41, 5.74) is 8.45. The van der Waals surface area contributed by atoms with Crippen molar-refractivity contribution in [3.05, 3.63) is 39.8 Å². The summed E-state index contributed by atoms with van der Waals surface area (Å²) < 4.78 is 1.91. The molecule has 2 heterocycles. The van der Waals surface area contributed by atoms with E-state index < -0.39 is 0 Å². The van der Waals surface area contributed by atoms with Crippen molar-refractivity contribution in [2.75, 3.05) is 13.1 Å². The van der Waals surface area contributed by atoms with Crippen molar-refractivity contribution >= 4 is 11.3 Å². The molecule has 5 heteroatoms. The van der Waals surface area contributed by atoms with Gasteiger partial charge < -0.3 is 5.73 Å². The van der Waals surface area contributed by atoms with Crippen LogP contribution >= 0.6 is 11.3 Å². The summed E-state index contributed by atoms with van der Waals surface area (Å²) in [5, 5.41) is 6.46. The third-order valence-corrected chi connectivity index (χ3v) is 4.50. The first-order valence-corrected chi connectivity index (χ1v) is 7.50. The van der Waals surface area contributed by atoms with Crippen LogP contribution in [0.2, 0.25) is 0 Å². The number of thiophene rings is 1. The molecule has 0 spiro atoms. The molecule has 0 radical (unpaired) electrons. The third kappa shape index (κ3) is 3.05. The van der Waals surface area contributed by atoms with Gasteiger partial charge in [0.1, 0.15) is 0 Å². The van der Waals surface area contributed by atoms with Crippen molar-refractivity contribution in [2.24, 2.45) is 12.8 Å². The van der Waals surface area contributed by atoms with Crippen LogP contribution in [0, 0.1) is 6.92 Å². The van der Waals surface area contributed by atoms with E-state index in [4.69, 9.17) is 5.73 Å². The number of nitrogens with two attached hydrogens (primary N) is 1. The van der Waals surface area contributed by atoms with Gasteiger partial charge in [-0.25, -0.2) is 0 Å². The summed E-state index contributed by atoms with van der Waals surface area (Å²) in [5.74, 6) is 0. The lowest BCUT2D eigenvalue weighted by Gasteiger charge is -2.29. The molecule has 0 saturated heterocycles. The molecule has 2 aromatic heterocycles. The highest BCUT2D eigenvalue weighted by Gasteiger charge is 2.21. The van der Waals surface area contributed by atoms with E-state index in [1.807, 2.05) is 17.9 Å². The molecule has 0 aliphatic heterocycles. The fourth-order valence-electron chi connectivity index (χ4n) is 2.36. The Hall–Kier alpha value is -1.17. The number of rotatable bonds is 6. The molecule has 1 atom stereocenters. The van der Waals surface area contributed by atoms with Crippen LogP contribution in [-0.2, 0) is 13.6 Å². The van der Waals surface area contributed by atoms with Gasteiger partial charge in [-0.05, 0) is 24.9 Å². The largest absolute Gasteiger partial charge is 0.329 e. The van der Waals surface area contributed by atoms with Crippen LogP contribution < -0.4 is 5.73 Å². The Kier molecular flexibility index (Phi) is 4.74. The fraction of sp³-hybridized carbons (Fsp3) is 0.500. The lowest BCUT2D eigenvalue weighted by Crippen LogP contribution is -2.33. The second kappa shape index (κ2) is 6.32. The molecule has 0 aromatic carbocycles. The molecule has 19 heavy (non-hydrogen) atoms. The van der Waals surface area contributed by atoms with Gasteiger partial charge in [0.15, 0.2) is 0 Å². The Balaban J connectivity index is 2.21. The van der Waals surface area contributed by atoms with Gasteiger partial charge in [-0.2, -0.15) is 5.10 Å². The number of hydrogen-bond donors (Lipinski definition) is 1. The molecule has 104 valence electrons. The molecule has 2 N–H and O–H groups in total. The lowest BCUT2D eigenvalue weighted by atomic mass is 10.1. The molecule has 2 aromatic rings. The average Bonchev–Trinajstić information content (AvgIpc) is 3.03. The van der Waals surface area contributed by atoms with Gasteiger partial charge in [-0.3, -0.25) is 9.58 Å². The van der Waals surface area contributed by atoms with Gasteiger partial charge in [-0.1, -0.05) is 13.0 Å². The SMILES string of the molecule is CCN(Cc1cccs1)C(CN)c1cnn(C)c1C. The minimum absolute atomic E-state index is 0.237. The summed E-state index contributed by atoms with van der Waals surface area (Å²) in [6, 6.07) is 4.51. The smallest absolute Gasteiger partial charge is 0.0540 e. The van der Waals surface area contributed by atoms with Crippen molar-refractivity contribution < 1.29 is 0 Å². The Morgan fingerprint density at radius 2 is 2.32 bits per heavy atom. The van der Waals surface area contributed by atoms with Crippen LogP contribution in [0.5, 0.6) is 0 Å². The van der Waals surface area contributed by atoms with Crippen LogP contribution in [-0.4, -0.2) is 27.8 Å². The standard InChI is InChI=1S/C14H22N4S/c1-4-18(10-12-6-5-7-19-12)14(8-15)13-9-16-17(3)11(13)2/h5-7,9,14H,4,8,10,15H2,1-3H3. The van der Waals surface area contributed by atoms with Crippen molar-refractivity contribution in [1.82, 2.24) is 14.7 Å². The van der Waals surface area contributed by atoms with E-state index in [1.54, 1.807) is 11.3 Å². The topological polar surface area (TPSA) is 47.1 Å². The maximum atomic E-state index is 6.01. The summed E-state index contributed by atoms with van der Waals surface area (Å²) in [7, 11) is 1.97. The number of likely N-dealkylation sites (N-methyl/N-ethyl adjacent to an activating group) is 1. The molecular formula is C14H22N4S. The zero-order valence-electron chi connectivity index (χ0n) is 11.8. The summed E-state index contributed by atoms with van der Waals surface area (Å²) in [4.78, 5) is 3.79. The monoisotopic (exact) mass is 278 g/mol. The number of aryl methyl sites for hydroxylation is 1. The van der Waals surface area contributed by atoms with Gasteiger partial charge in [0, 0.05) is 36.3 Å². The number of nitrogens with zero attached hydrogens (tertiary/aromatic N) is 3. The number of hydrogen-bond acceptors (Lipinski definition) is 4. The Labute approximate surface area is 118 Å². The molecule has 0 aliphatic carbocycles. The summed E-state index contributed by atoms with van der Waals surface area (Å²) >= 11 is 1.80. The van der Waals surface area contributed by atoms with Crippen LogP contribution in [0.15, 0.2) is 23.7 Å². The molecule has 0 fully saturated rings. The van der Waals surface area contributed by atoms with Crippen LogP contribution in [0.25, 0.3) is 0 Å². The van der Waals surface area contributed by atoms with E-state index in [-0.39, 0.29) is 6.04 Å². The van der Waals surface area contributed by atoms with E-state index in [2.05, 4.69) is 41.4 Å². The number of aromatic nitrogens is 2. The van der Waals surface area contributed by atoms with Gasteiger partial charge in [-0.15, -0.1) is 11.3 Å². The quantitative estimate of drug-likeness (QED) is 0.882. The lowest BCUT2D eigenvalue weighted by molar-refractivity contribution is 0.204. The molecule has 4 nitrogen and oxygen atoms in total. The maximum Gasteiger partial charge on any atom is 0.0540 e. The van der Waals surface area contributed by atoms with E-state index in [1.165, 1.54) is 16.1 Å². The van der Waals surface area contributed by atoms with Crippen molar-refractivity contribution in [1.29, 1.82) is 0 Å². The van der Waals surface area contributed by atoms with Crippen LogP contribution in [0.4, 0.5) is 0 Å². The van der Waals surface area contributed by atoms with Crippen LogP contribution in [0.1, 0.15) is 29.1 Å². The first-order chi connectivity index (χ1) is 9.17. The molecule has 1 unspecified atom stereocenters. The zero-order chi connectivity index (χ0) is 13.8. The summed E-state index contributed by atoms with van der Waals surface area (Å²) in [6.45, 7) is 6.83. The third-order valence-electron chi connectivity index (χ3n) is 3.64. The summed E-state index contributed by atoms with van der Waals surface area (Å²) in [6.07, 6.45) is 1.95. The fourth-order valence-corrected chi connectivity index (χ4v) is 3.09. The average molecular weight is 278 g/mol. The van der Waals surface area contributed by atoms with E-state index >= 15 is 0 Å². The minimum Gasteiger partial charge on any atom is -0.329 e. The Bertz CT molecular complexity index is 504. The Morgan fingerprint density at radius 3 is 2.79 bits per heavy atom. The predicted octanol–water partition coefficient (Wildman–Crippen LogP) is 2.31. The minimum atomic E-state index is 0.237. The van der Waals surface area contributed by atoms with E-state index in [0.717, 1.165) is 13.1 Å². The highest BCUT2D eigenvalue weighted by Crippen LogP contribution is 2.25. The van der Waals surface area contributed by atoms with Gasteiger partial charge in [0.05, 0.1) is 12.2 Å². The molecule has 0 bridgehead atoms. The zero-order valence-corrected chi connectivity index (χ0v) is 12.7. The Morgan fingerprint density at radius 1 is 1.53 bits per heavy atom. The van der Waals surface area contributed by atoms with E-state index in [0.29, 0.717) is 6.54 Å². The highest BCUT2D eigenvalue weighted by atomic mass is 32.1. The normalized spacial score (nSPS) is 13.1. The van der Waals surface area contributed by atoms with Gasteiger partial charge in [0.25, 0.3) is 0 Å². The van der Waals surface area contributed by atoms with E-state index in [9.17, 15) is 0 Å². The first kappa shape index (κ1) is 14.2. The van der Waals surface area contributed by atoms with Crippen molar-refractivity contribution in [3.8, 4) is 0 Å². The highest BCUT2D eigenvalue weighted by molar-refractivity contribution is 7.09. The first-order valence-electron chi connectivity index (χ1n) is 6.62. The molecule has 2 rings (SSSR count). The second-order valence-corrected chi connectivity index (χ2v) is 5.74. The van der Waals surface area contributed by atoms with Gasteiger partial charge in [0.2, 0.25) is 0 Å². The molecule has 0 aliphatic rings.